The number of hydrogen-bond donors (Lipinski definition) is 3. The summed E-state index contributed by atoms with van der Waals surface area (Å²) in [6.07, 6.45) is -0.475. The number of methoxy groups -OCH3 is 2. The Morgan fingerprint density at radius 2 is 1.39 bits per heavy atom. The lowest BCUT2D eigenvalue weighted by atomic mass is 9.82. The third kappa shape index (κ3) is 6.86. The van der Waals surface area contributed by atoms with Gasteiger partial charge in [-0.15, -0.1) is 0 Å². The van der Waals surface area contributed by atoms with Gasteiger partial charge in [-0.3, -0.25) is 14.4 Å². The molecule has 266 valence electrons. The molecule has 0 saturated carbocycles. The van der Waals surface area contributed by atoms with Crippen LogP contribution in [0.3, 0.4) is 0 Å². The Balaban J connectivity index is 1.30. The van der Waals surface area contributed by atoms with Crippen molar-refractivity contribution >= 4 is 43.2 Å². The molecule has 2 aliphatic heterocycles. The average molecular weight is 712 g/mol. The van der Waals surface area contributed by atoms with Crippen molar-refractivity contribution in [3.8, 4) is 11.5 Å². The second-order valence-electron chi connectivity index (χ2n) is 13.5. The van der Waals surface area contributed by atoms with Crippen LogP contribution >= 0.6 is 0 Å². The Morgan fingerprint density at radius 3 is 1.90 bits per heavy atom. The van der Waals surface area contributed by atoms with Gasteiger partial charge in [0.05, 0.1) is 32.6 Å². The van der Waals surface area contributed by atoms with E-state index in [1.165, 1.54) is 0 Å². The summed E-state index contributed by atoms with van der Waals surface area (Å²) in [5.74, 6) is -0.233. The summed E-state index contributed by atoms with van der Waals surface area (Å²) in [4.78, 5) is 42.4. The number of nitrogens with one attached hydrogen (secondary N) is 2. The predicted molar refractivity (Wildman–Crippen MR) is 196 cm³/mol. The Kier molecular flexibility index (Phi) is 10.0. The highest BCUT2D eigenvalue weighted by Crippen LogP contribution is 2.60. The summed E-state index contributed by atoms with van der Waals surface area (Å²) < 4.78 is 33.0. The molecule has 1 saturated heterocycles. The lowest BCUT2D eigenvalue weighted by Crippen LogP contribution is -2.45. The van der Waals surface area contributed by atoms with Crippen LogP contribution in [0, 0.1) is 5.92 Å². The first-order valence-electron chi connectivity index (χ1n) is 16.8. The van der Waals surface area contributed by atoms with Gasteiger partial charge in [0, 0.05) is 46.1 Å². The van der Waals surface area contributed by atoms with E-state index in [1.807, 2.05) is 19.1 Å². The first-order chi connectivity index (χ1) is 24.4. The smallest absolute Gasteiger partial charge is 0.264 e. The molecule has 0 aliphatic carbocycles. The lowest BCUT2D eigenvalue weighted by molar-refractivity contribution is -0.146. The predicted octanol–water partition coefficient (Wildman–Crippen LogP) is 6.91. The first-order valence-corrected chi connectivity index (χ1v) is 19.8. The quantitative estimate of drug-likeness (QED) is 0.114. The van der Waals surface area contributed by atoms with Crippen LogP contribution in [0.25, 0.3) is 0 Å². The van der Waals surface area contributed by atoms with Crippen LogP contribution in [0.2, 0.25) is 18.6 Å². The topological polar surface area (TPSA) is 126 Å². The summed E-state index contributed by atoms with van der Waals surface area (Å²) in [6.45, 7) is 5.04. The highest BCUT2D eigenvalue weighted by molar-refractivity contribution is 6.72. The summed E-state index contributed by atoms with van der Waals surface area (Å²) >= 11 is 0. The van der Waals surface area contributed by atoms with Crippen molar-refractivity contribution in [3.63, 3.8) is 0 Å². The number of amides is 3. The summed E-state index contributed by atoms with van der Waals surface area (Å²) in [5.41, 5.74) is 1.77. The molecule has 10 nitrogen and oxygen atoms in total. The number of anilines is 3. The molecule has 51 heavy (non-hydrogen) atoms. The number of fused-ring (bicyclic) bond motifs is 2. The number of benzene rings is 4. The zero-order valence-electron chi connectivity index (χ0n) is 29.2. The number of carbonyl (C=O) groups is 3. The molecule has 0 radical (unpaired) electrons. The zero-order valence-corrected chi connectivity index (χ0v) is 30.2. The van der Waals surface area contributed by atoms with Crippen LogP contribution in [0.15, 0.2) is 91.0 Å². The van der Waals surface area contributed by atoms with E-state index in [2.05, 4.69) is 10.6 Å². The fourth-order valence-corrected chi connectivity index (χ4v) is 9.99. The Labute approximate surface area is 297 Å². The number of hydrogen-bond acceptors (Lipinski definition) is 7. The molecule has 1 spiro atoms. The Morgan fingerprint density at radius 1 is 0.863 bits per heavy atom. The fourth-order valence-electron chi connectivity index (χ4n) is 7.45. The van der Waals surface area contributed by atoms with E-state index in [0.29, 0.717) is 45.3 Å². The van der Waals surface area contributed by atoms with Gasteiger partial charge >= 0.3 is 0 Å². The van der Waals surface area contributed by atoms with Gasteiger partial charge in [-0.2, -0.15) is 0 Å². The van der Waals surface area contributed by atoms with Gasteiger partial charge in [0.1, 0.15) is 11.5 Å². The van der Waals surface area contributed by atoms with Crippen LogP contribution in [0.4, 0.5) is 21.2 Å². The maximum atomic E-state index is 16.0. The number of rotatable bonds is 11. The fraction of sp³-hybridized carbons (Fsp3) is 0.308. The van der Waals surface area contributed by atoms with E-state index in [1.54, 1.807) is 111 Å². The SMILES string of the molecule is COc1ccc(C(=O)Nc2ccc(CN3C(=O)[C@@]4(O[C@@H](CCO)[C@H]([Si](C)(C)F)[C@H]4C)c4cc(NC(=O)c5ccc(OC)cc5)ccc43)cc2)cc1. The molecule has 1 fully saturated rings. The van der Waals surface area contributed by atoms with E-state index in [4.69, 9.17) is 14.2 Å². The number of aliphatic hydroxyl groups excluding tert-OH is 1. The van der Waals surface area contributed by atoms with Gasteiger partial charge in [-0.1, -0.05) is 19.1 Å². The molecule has 4 aromatic rings. The molecular formula is C39H42FN3O7Si. The van der Waals surface area contributed by atoms with Crippen LogP contribution in [-0.4, -0.2) is 58.2 Å². The largest absolute Gasteiger partial charge is 0.497 e. The minimum Gasteiger partial charge on any atom is -0.497 e. The normalized spacial score (nSPS) is 21.0. The summed E-state index contributed by atoms with van der Waals surface area (Å²) in [7, 11) is -0.286. The van der Waals surface area contributed by atoms with Crippen molar-refractivity contribution in [2.24, 2.45) is 5.92 Å². The molecule has 2 heterocycles. The average Bonchev–Trinajstić information content (AvgIpc) is 3.55. The molecule has 6 rings (SSSR count). The Bertz CT molecular complexity index is 1920. The van der Waals surface area contributed by atoms with Crippen molar-refractivity contribution in [1.29, 1.82) is 0 Å². The first kappa shape index (κ1) is 35.8. The van der Waals surface area contributed by atoms with Crippen LogP contribution in [-0.2, 0) is 21.7 Å². The van der Waals surface area contributed by atoms with Gasteiger partial charge in [0.2, 0.25) is 8.41 Å². The third-order valence-electron chi connectivity index (χ3n) is 9.89. The van der Waals surface area contributed by atoms with Gasteiger partial charge in [-0.25, -0.2) is 0 Å². The van der Waals surface area contributed by atoms with Crippen LogP contribution < -0.4 is 25.0 Å². The Hall–Kier alpha value is -5.04. The van der Waals surface area contributed by atoms with E-state index in [9.17, 15) is 19.5 Å². The lowest BCUT2D eigenvalue weighted by Gasteiger charge is -2.31. The standard InChI is InChI=1S/C39H42FN3O7Si/c1-24-35(51(4,5)40)34(20-21-44)50-39(24)32-22-29(42-37(46)27-10-17-31(49-3)18-11-27)14-19-33(32)43(38(39)47)23-25-6-12-28(13-7-25)41-36(45)26-8-15-30(48-2)16-9-26/h6-19,22,24,34-35,44H,20-21,23H2,1-5H3,(H,41,45)(H,42,46)/t24-,34+,35-,39+/m1/s1. The molecule has 4 atom stereocenters. The second-order valence-corrected chi connectivity index (χ2v) is 17.3. The van der Waals surface area contributed by atoms with Crippen molar-refractivity contribution in [2.75, 3.05) is 36.4 Å². The number of halogens is 1. The van der Waals surface area contributed by atoms with Crippen molar-refractivity contribution in [1.82, 2.24) is 0 Å². The highest BCUT2D eigenvalue weighted by atomic mass is 28.4. The summed E-state index contributed by atoms with van der Waals surface area (Å²) in [5, 5.41) is 15.7. The van der Waals surface area contributed by atoms with E-state index in [0.717, 1.165) is 5.56 Å². The van der Waals surface area contributed by atoms with E-state index in [-0.39, 0.29) is 37.3 Å². The molecule has 0 aromatic heterocycles. The number of carbonyl (C=O) groups excluding carboxylic acids is 3. The molecule has 4 aromatic carbocycles. The maximum Gasteiger partial charge on any atom is 0.264 e. The van der Waals surface area contributed by atoms with Crippen molar-refractivity contribution in [3.05, 3.63) is 113 Å². The molecule has 12 heteroatoms. The highest BCUT2D eigenvalue weighted by Gasteiger charge is 2.66. The summed E-state index contributed by atoms with van der Waals surface area (Å²) in [6, 6.07) is 25.9. The van der Waals surface area contributed by atoms with Gasteiger partial charge in [0.25, 0.3) is 17.7 Å². The monoisotopic (exact) mass is 711 g/mol. The second kappa shape index (κ2) is 14.3. The molecule has 2 aliphatic rings. The van der Waals surface area contributed by atoms with Gasteiger partial charge in [0.15, 0.2) is 5.60 Å². The number of ether oxygens (including phenoxy) is 3. The molecule has 3 amide bonds. The number of nitrogens with zero attached hydrogens (tertiary/aromatic N) is 1. The van der Waals surface area contributed by atoms with Gasteiger partial charge in [-0.05, 0) is 104 Å². The zero-order chi connectivity index (χ0) is 36.5. The van der Waals surface area contributed by atoms with Crippen molar-refractivity contribution < 1.29 is 37.8 Å². The minimum absolute atomic E-state index is 0.180. The molecule has 0 bridgehead atoms. The molecule has 0 unspecified atom stereocenters. The third-order valence-corrected chi connectivity index (χ3v) is 12.3. The molecule has 3 N–H and O–H groups in total. The van der Waals surface area contributed by atoms with Crippen LogP contribution in [0.5, 0.6) is 11.5 Å². The molecular weight excluding hydrogens is 670 g/mol. The minimum atomic E-state index is -3.40. The van der Waals surface area contributed by atoms with Crippen LogP contribution in [0.1, 0.15) is 45.2 Å². The van der Waals surface area contributed by atoms with Gasteiger partial charge < -0.3 is 39.0 Å². The van der Waals surface area contributed by atoms with Crippen molar-refractivity contribution in [2.45, 2.75) is 50.2 Å². The maximum absolute atomic E-state index is 16.0. The van der Waals surface area contributed by atoms with E-state index < -0.39 is 31.6 Å². The number of aliphatic hydroxyl groups is 1. The van der Waals surface area contributed by atoms with E-state index >= 15 is 4.11 Å².